The number of hydrogen-bond donors (Lipinski definition) is 3. The number of methoxy groups -OCH3 is 1. The summed E-state index contributed by atoms with van der Waals surface area (Å²) >= 11 is 10.8. The van der Waals surface area contributed by atoms with Crippen LogP contribution in [0.25, 0.3) is 0 Å². The number of ether oxygens (including phenoxy) is 4. The number of hydrogen-bond acceptors (Lipinski definition) is 11. The second-order valence-electron chi connectivity index (χ2n) is 13.4. The molecule has 3 heterocycles. The first kappa shape index (κ1) is 39.2. The molecule has 50 heavy (non-hydrogen) atoms. The van der Waals surface area contributed by atoms with E-state index in [2.05, 4.69) is 17.9 Å². The number of likely N-dealkylation sites (N-methyl/N-ethyl adjacent to an activating group) is 1. The fourth-order valence-corrected chi connectivity index (χ4v) is 6.93. The van der Waals surface area contributed by atoms with Gasteiger partial charge < -0.3 is 38.6 Å². The van der Waals surface area contributed by atoms with Gasteiger partial charge in [-0.2, -0.15) is 12.6 Å². The minimum Gasteiger partial charge on any atom is -0.495 e. The van der Waals surface area contributed by atoms with Gasteiger partial charge in [0.05, 0.1) is 31.2 Å². The third kappa shape index (κ3) is 8.30. The van der Waals surface area contributed by atoms with Crippen LogP contribution in [0.4, 0.5) is 10.5 Å². The first-order valence-corrected chi connectivity index (χ1v) is 17.4. The van der Waals surface area contributed by atoms with Crippen LogP contribution < -0.4 is 15.0 Å². The van der Waals surface area contributed by atoms with E-state index in [9.17, 15) is 29.1 Å². The summed E-state index contributed by atoms with van der Waals surface area (Å²) in [7, 11) is 4.50. The summed E-state index contributed by atoms with van der Waals surface area (Å²) < 4.78 is 23.3. The molecule has 1 unspecified atom stereocenters. The molecule has 4 rings (SSSR count). The van der Waals surface area contributed by atoms with Crippen molar-refractivity contribution >= 4 is 60.1 Å². The molecule has 0 spiro atoms. The van der Waals surface area contributed by atoms with E-state index in [0.717, 1.165) is 11.1 Å². The van der Waals surface area contributed by atoms with Gasteiger partial charge in [0.1, 0.15) is 40.9 Å². The highest BCUT2D eigenvalue weighted by atomic mass is 35.5. The van der Waals surface area contributed by atoms with Crippen LogP contribution in [0, 0.1) is 11.8 Å². The number of fused-ring (bicyclic) bond motifs is 5. The number of allylic oxidation sites excluding steroid dienone is 3. The quantitative estimate of drug-likeness (QED) is 0.163. The first-order chi connectivity index (χ1) is 23.5. The van der Waals surface area contributed by atoms with Crippen LogP contribution in [0.3, 0.4) is 0 Å². The maximum atomic E-state index is 14.0. The Morgan fingerprint density at radius 2 is 2.02 bits per heavy atom. The van der Waals surface area contributed by atoms with Gasteiger partial charge in [0.15, 0.2) is 5.72 Å². The van der Waals surface area contributed by atoms with Crippen LogP contribution in [-0.2, 0) is 39.8 Å². The maximum absolute atomic E-state index is 14.0. The number of nitrogens with one attached hydrogen (secondary N) is 1. The molecule has 0 radical (unpaired) electrons. The Bertz CT molecular complexity index is 1570. The average Bonchev–Trinajstić information content (AvgIpc) is 3.76. The van der Waals surface area contributed by atoms with Crippen molar-refractivity contribution in [2.45, 2.75) is 89.1 Å². The Morgan fingerprint density at radius 3 is 2.66 bits per heavy atom. The maximum Gasteiger partial charge on any atom is 0.409 e. The number of benzene rings is 1. The van der Waals surface area contributed by atoms with Crippen molar-refractivity contribution in [3.05, 3.63) is 46.5 Å². The molecule has 0 aromatic heterocycles. The third-order valence-electron chi connectivity index (χ3n) is 9.86. The van der Waals surface area contributed by atoms with E-state index in [1.807, 2.05) is 6.92 Å². The summed E-state index contributed by atoms with van der Waals surface area (Å²) in [6, 6.07) is 2.52. The van der Waals surface area contributed by atoms with Crippen molar-refractivity contribution in [1.29, 1.82) is 0 Å². The number of aliphatic hydroxyl groups is 1. The fraction of sp³-hybridized carbons (Fsp3) is 0.571. The third-order valence-corrected chi connectivity index (χ3v) is 10.5. The van der Waals surface area contributed by atoms with E-state index in [1.54, 1.807) is 45.2 Å². The molecule has 13 nitrogen and oxygen atoms in total. The zero-order valence-corrected chi connectivity index (χ0v) is 31.0. The standard InChI is InChI=1S/C35H46ClN3O10S/c1-19-9-8-10-23(18-40)35(45)17-26(47-33(44)37-35)20(2)31-34(4,49-31)27(48-32(43)21(3)38(5)28(41)11-12-50)16-29(42)39(6)24-14-22(13-19)15-25(46-7)30(24)36/h8-10,14-15,18,20-21,23,26-27,31,45,50H,11-13,16-17H2,1-7H3,(H,37,44)/b10-8+,19-9+/t20-,21+,23+,26+,27+,31?,34+,35+/m1/s1. The number of thiol groups is 1. The number of halogens is 1. The van der Waals surface area contributed by atoms with Crippen molar-refractivity contribution in [3.8, 4) is 5.75 Å². The second kappa shape index (κ2) is 15.7. The number of carbonyl (C=O) groups excluding carboxylic acids is 5. The number of anilines is 1. The molecule has 0 saturated carbocycles. The molecule has 1 aromatic rings. The van der Waals surface area contributed by atoms with Crippen molar-refractivity contribution in [2.24, 2.45) is 11.8 Å². The second-order valence-corrected chi connectivity index (χ2v) is 14.2. The largest absolute Gasteiger partial charge is 0.495 e. The van der Waals surface area contributed by atoms with E-state index in [0.29, 0.717) is 29.9 Å². The van der Waals surface area contributed by atoms with Crippen molar-refractivity contribution in [2.75, 3.05) is 31.9 Å². The number of rotatable bonds is 7. The molecule has 15 heteroatoms. The van der Waals surface area contributed by atoms with E-state index in [4.69, 9.17) is 30.5 Å². The zero-order chi connectivity index (χ0) is 37.1. The molecule has 3 amide bonds. The Labute approximate surface area is 302 Å². The van der Waals surface area contributed by atoms with Gasteiger partial charge in [0.2, 0.25) is 11.8 Å². The van der Waals surface area contributed by atoms with Crippen molar-refractivity contribution < 1.29 is 48.0 Å². The molecule has 3 aliphatic rings. The molecule has 4 bridgehead atoms. The number of esters is 1. The molecule has 3 aliphatic heterocycles. The van der Waals surface area contributed by atoms with E-state index >= 15 is 0 Å². The van der Waals surface area contributed by atoms with Crippen molar-refractivity contribution in [1.82, 2.24) is 10.2 Å². The number of nitrogens with zero attached hydrogens (tertiary/aromatic N) is 2. The van der Waals surface area contributed by atoms with Gasteiger partial charge in [-0.1, -0.05) is 42.3 Å². The molecule has 2 fully saturated rings. The van der Waals surface area contributed by atoms with Gasteiger partial charge in [-0.3, -0.25) is 14.9 Å². The minimum atomic E-state index is -1.97. The number of amides is 3. The molecular formula is C35H46ClN3O10S. The minimum absolute atomic E-state index is 0.116. The lowest BCUT2D eigenvalue weighted by Crippen LogP contribution is -2.61. The molecule has 2 saturated heterocycles. The Hall–Kier alpha value is -3.59. The van der Waals surface area contributed by atoms with E-state index < -0.39 is 65.5 Å². The highest BCUT2D eigenvalue weighted by Gasteiger charge is 2.64. The smallest absolute Gasteiger partial charge is 0.409 e. The molecule has 8 atom stereocenters. The summed E-state index contributed by atoms with van der Waals surface area (Å²) in [5.74, 6) is -2.58. The number of carbonyl (C=O) groups is 5. The van der Waals surface area contributed by atoms with Gasteiger partial charge >= 0.3 is 12.1 Å². The Balaban J connectivity index is 1.78. The van der Waals surface area contributed by atoms with Crippen LogP contribution in [0.5, 0.6) is 5.75 Å². The predicted molar refractivity (Wildman–Crippen MR) is 188 cm³/mol. The van der Waals surface area contributed by atoms with E-state index in [1.165, 1.54) is 37.0 Å². The number of epoxide rings is 1. The normalized spacial score (nSPS) is 32.2. The van der Waals surface area contributed by atoms with Crippen LogP contribution in [0.1, 0.15) is 52.5 Å². The molecule has 274 valence electrons. The van der Waals surface area contributed by atoms with Gasteiger partial charge in [-0.15, -0.1) is 0 Å². The average molecular weight is 736 g/mol. The first-order valence-electron chi connectivity index (χ1n) is 16.4. The van der Waals surface area contributed by atoms with Crippen molar-refractivity contribution in [3.63, 3.8) is 0 Å². The summed E-state index contributed by atoms with van der Waals surface area (Å²) in [5.41, 5.74) is -1.21. The van der Waals surface area contributed by atoms with E-state index in [-0.39, 0.29) is 30.2 Å². The zero-order valence-electron chi connectivity index (χ0n) is 29.3. The number of aldehydes is 1. The predicted octanol–water partition coefficient (Wildman–Crippen LogP) is 3.63. The molecule has 2 N–H and O–H groups in total. The van der Waals surface area contributed by atoms with Crippen LogP contribution in [0.2, 0.25) is 5.02 Å². The highest BCUT2D eigenvalue weighted by molar-refractivity contribution is 7.80. The topological polar surface area (TPSA) is 164 Å². The lowest BCUT2D eigenvalue weighted by molar-refractivity contribution is -0.161. The summed E-state index contributed by atoms with van der Waals surface area (Å²) in [6.07, 6.45) is 1.81. The fourth-order valence-electron chi connectivity index (χ4n) is 6.43. The van der Waals surface area contributed by atoms with Gasteiger partial charge in [-0.05, 0) is 50.6 Å². The van der Waals surface area contributed by atoms with Crippen LogP contribution >= 0.6 is 24.2 Å². The summed E-state index contributed by atoms with van der Waals surface area (Å²) in [4.78, 5) is 67.7. The van der Waals surface area contributed by atoms with Crippen LogP contribution in [-0.4, -0.2) is 103 Å². The Kier molecular flexibility index (Phi) is 12.3. The molecule has 0 aliphatic carbocycles. The lowest BCUT2D eigenvalue weighted by atomic mass is 9.82. The SMILES string of the molecule is COc1cc2cc(c1Cl)N(C)C(=O)C[C@H](OC(=O)[C@H](C)N(C)C(=O)CCS)[C@]1(C)OC1[C@H](C)[C@@H]1C[C@@](O)(NC(=O)O1)[C@H](C=O)/C=C/C=C(\C)C2. The highest BCUT2D eigenvalue weighted by Crippen LogP contribution is 2.49. The van der Waals surface area contributed by atoms with Crippen LogP contribution in [0.15, 0.2) is 35.9 Å². The Morgan fingerprint density at radius 1 is 1.32 bits per heavy atom. The van der Waals surface area contributed by atoms with Gasteiger partial charge in [-0.25, -0.2) is 9.59 Å². The summed E-state index contributed by atoms with van der Waals surface area (Å²) in [6.45, 7) is 6.82. The number of alkyl carbamates (subject to hydrolysis) is 1. The van der Waals surface area contributed by atoms with Gasteiger partial charge in [0.25, 0.3) is 0 Å². The summed E-state index contributed by atoms with van der Waals surface area (Å²) in [5, 5.41) is 14.2. The monoisotopic (exact) mass is 735 g/mol. The molecular weight excluding hydrogens is 690 g/mol. The molecule has 1 aromatic carbocycles. The van der Waals surface area contributed by atoms with Gasteiger partial charge in [0, 0.05) is 32.9 Å². The lowest BCUT2D eigenvalue weighted by Gasteiger charge is -2.41.